The van der Waals surface area contributed by atoms with Crippen molar-refractivity contribution in [1.29, 1.82) is 0 Å². The second-order valence-corrected chi connectivity index (χ2v) is 4.30. The number of fused-ring (bicyclic) bond motifs is 1. The van der Waals surface area contributed by atoms with Gasteiger partial charge in [0.1, 0.15) is 5.75 Å². The van der Waals surface area contributed by atoms with Crippen LogP contribution in [0.1, 0.15) is 11.1 Å². The molecule has 2 aromatic carbocycles. The molecule has 89 valence electrons. The van der Waals surface area contributed by atoms with Crippen LogP contribution in [0, 0.1) is 6.07 Å². The van der Waals surface area contributed by atoms with Crippen molar-refractivity contribution >= 4 is 10.9 Å². The normalized spacial score (nSPS) is 10.7. The first-order valence-electron chi connectivity index (χ1n) is 5.96. The lowest BCUT2D eigenvalue weighted by atomic mass is 10.0. The number of nitrogens with one attached hydrogen (secondary N) is 1. The topological polar surface area (TPSA) is 25.0 Å². The Kier molecular flexibility index (Phi) is 2.77. The molecular formula is C16H14NO. The Labute approximate surface area is 106 Å². The summed E-state index contributed by atoms with van der Waals surface area (Å²) < 4.78 is 5.17. The number of ether oxygens (including phenoxy) is 1. The van der Waals surface area contributed by atoms with Crippen LogP contribution in [0.2, 0.25) is 0 Å². The van der Waals surface area contributed by atoms with Gasteiger partial charge in [-0.3, -0.25) is 0 Å². The summed E-state index contributed by atoms with van der Waals surface area (Å²) in [6.07, 6.45) is 2.78. The van der Waals surface area contributed by atoms with Gasteiger partial charge >= 0.3 is 0 Å². The number of H-pyrrole nitrogens is 1. The molecule has 1 aromatic heterocycles. The van der Waals surface area contributed by atoms with Crippen molar-refractivity contribution in [2.75, 3.05) is 7.11 Å². The Morgan fingerprint density at radius 2 is 1.94 bits per heavy atom. The standard InChI is InChI=1S/C16H14NO/c1-18-15-7-5-12(6-8-15)11-14-4-2-3-13-9-10-17-16(13)14/h2-8,10,17H,11H2,1H3. The maximum Gasteiger partial charge on any atom is 0.118 e. The highest BCUT2D eigenvalue weighted by atomic mass is 16.5. The van der Waals surface area contributed by atoms with Gasteiger partial charge in [0.05, 0.1) is 7.11 Å². The van der Waals surface area contributed by atoms with Crippen LogP contribution in [0.25, 0.3) is 10.9 Å². The van der Waals surface area contributed by atoms with Gasteiger partial charge in [-0.15, -0.1) is 0 Å². The number of hydrogen-bond donors (Lipinski definition) is 1. The van der Waals surface area contributed by atoms with Gasteiger partial charge in [0.15, 0.2) is 0 Å². The fourth-order valence-corrected chi connectivity index (χ4v) is 2.19. The van der Waals surface area contributed by atoms with Crippen LogP contribution in [0.15, 0.2) is 48.7 Å². The average molecular weight is 236 g/mol. The molecule has 0 saturated heterocycles. The summed E-state index contributed by atoms with van der Waals surface area (Å²) in [5, 5.41) is 1.14. The molecule has 0 spiro atoms. The molecule has 0 aliphatic rings. The maximum atomic E-state index is 5.17. The van der Waals surface area contributed by atoms with Crippen molar-refractivity contribution in [3.8, 4) is 5.75 Å². The Bertz CT molecular complexity index is 652. The van der Waals surface area contributed by atoms with Gasteiger partial charge in [-0.25, -0.2) is 0 Å². The summed E-state index contributed by atoms with van der Waals surface area (Å²) in [5.74, 6) is 0.894. The van der Waals surface area contributed by atoms with E-state index in [-0.39, 0.29) is 0 Å². The Morgan fingerprint density at radius 3 is 2.72 bits per heavy atom. The molecule has 1 N–H and O–H groups in total. The number of para-hydroxylation sites is 1. The van der Waals surface area contributed by atoms with Gasteiger partial charge < -0.3 is 9.72 Å². The first-order valence-corrected chi connectivity index (χ1v) is 5.96. The third kappa shape index (κ3) is 1.97. The second kappa shape index (κ2) is 4.57. The summed E-state index contributed by atoms with van der Waals surface area (Å²) in [7, 11) is 1.69. The minimum Gasteiger partial charge on any atom is -0.497 e. The van der Waals surface area contributed by atoms with Crippen LogP contribution in [-0.2, 0) is 6.42 Å². The van der Waals surface area contributed by atoms with Crippen LogP contribution in [-0.4, -0.2) is 12.1 Å². The molecule has 0 aliphatic heterocycles. The first-order chi connectivity index (χ1) is 8.86. The van der Waals surface area contributed by atoms with E-state index in [1.54, 1.807) is 7.11 Å². The van der Waals surface area contributed by atoms with E-state index in [1.807, 2.05) is 18.3 Å². The summed E-state index contributed by atoms with van der Waals surface area (Å²) in [5.41, 5.74) is 3.74. The van der Waals surface area contributed by atoms with E-state index in [0.29, 0.717) is 0 Å². The molecule has 0 fully saturated rings. The number of hydrogen-bond acceptors (Lipinski definition) is 1. The minimum atomic E-state index is 0.894. The van der Waals surface area contributed by atoms with Crippen LogP contribution >= 0.6 is 0 Å². The zero-order valence-corrected chi connectivity index (χ0v) is 10.2. The molecular weight excluding hydrogens is 222 g/mol. The fraction of sp³-hybridized carbons (Fsp3) is 0.125. The van der Waals surface area contributed by atoms with Crippen LogP contribution in [0.5, 0.6) is 5.75 Å². The largest absolute Gasteiger partial charge is 0.497 e. The van der Waals surface area contributed by atoms with E-state index in [1.165, 1.54) is 16.6 Å². The maximum absolute atomic E-state index is 5.17. The van der Waals surface area contributed by atoms with E-state index in [4.69, 9.17) is 4.74 Å². The van der Waals surface area contributed by atoms with Crippen molar-refractivity contribution in [3.63, 3.8) is 0 Å². The third-order valence-corrected chi connectivity index (χ3v) is 3.15. The minimum absolute atomic E-state index is 0.894. The number of benzene rings is 2. The Balaban J connectivity index is 1.93. The predicted molar refractivity (Wildman–Crippen MR) is 72.9 cm³/mol. The van der Waals surface area contributed by atoms with E-state index in [0.717, 1.165) is 17.6 Å². The number of aromatic amines is 1. The molecule has 0 atom stereocenters. The molecule has 0 aliphatic carbocycles. The predicted octanol–water partition coefficient (Wildman–Crippen LogP) is 3.57. The molecule has 2 nitrogen and oxygen atoms in total. The summed E-state index contributed by atoms with van der Waals surface area (Å²) in [6.45, 7) is 0. The molecule has 18 heavy (non-hydrogen) atoms. The quantitative estimate of drug-likeness (QED) is 0.739. The second-order valence-electron chi connectivity index (χ2n) is 4.30. The highest BCUT2D eigenvalue weighted by Crippen LogP contribution is 2.20. The van der Waals surface area contributed by atoms with E-state index < -0.39 is 0 Å². The zero-order chi connectivity index (χ0) is 12.4. The van der Waals surface area contributed by atoms with Gasteiger partial charge in [0, 0.05) is 23.2 Å². The monoisotopic (exact) mass is 236 g/mol. The highest BCUT2D eigenvalue weighted by molar-refractivity contribution is 5.82. The molecule has 0 unspecified atom stereocenters. The molecule has 0 amide bonds. The van der Waals surface area contributed by atoms with Crippen molar-refractivity contribution in [2.24, 2.45) is 0 Å². The lowest BCUT2D eigenvalue weighted by molar-refractivity contribution is 0.414. The van der Waals surface area contributed by atoms with Crippen molar-refractivity contribution < 1.29 is 4.74 Å². The first kappa shape index (κ1) is 10.9. The number of methoxy groups -OCH3 is 1. The molecule has 1 heterocycles. The average Bonchev–Trinajstić information content (AvgIpc) is 2.89. The molecule has 1 radical (unpaired) electrons. The van der Waals surface area contributed by atoms with E-state index in [2.05, 4.69) is 41.4 Å². The third-order valence-electron chi connectivity index (χ3n) is 3.15. The smallest absolute Gasteiger partial charge is 0.118 e. The molecule has 3 aromatic rings. The SMILES string of the molecule is COc1ccc(Cc2cccc3[c]c[nH]c23)cc1. The number of aromatic nitrogens is 1. The van der Waals surface area contributed by atoms with E-state index >= 15 is 0 Å². The molecule has 0 saturated carbocycles. The van der Waals surface area contributed by atoms with Crippen molar-refractivity contribution in [2.45, 2.75) is 6.42 Å². The Hall–Kier alpha value is -2.22. The summed E-state index contributed by atoms with van der Waals surface area (Å²) in [6, 6.07) is 17.7. The summed E-state index contributed by atoms with van der Waals surface area (Å²) >= 11 is 0. The lowest BCUT2D eigenvalue weighted by Gasteiger charge is -2.05. The Morgan fingerprint density at radius 1 is 1.11 bits per heavy atom. The fourth-order valence-electron chi connectivity index (χ4n) is 2.19. The van der Waals surface area contributed by atoms with Crippen LogP contribution in [0.4, 0.5) is 0 Å². The highest BCUT2D eigenvalue weighted by Gasteiger charge is 2.03. The molecule has 2 heteroatoms. The molecule has 3 rings (SSSR count). The van der Waals surface area contributed by atoms with Gasteiger partial charge in [0.25, 0.3) is 0 Å². The summed E-state index contributed by atoms with van der Waals surface area (Å²) in [4.78, 5) is 3.25. The van der Waals surface area contributed by atoms with Crippen molar-refractivity contribution in [1.82, 2.24) is 4.98 Å². The lowest BCUT2D eigenvalue weighted by Crippen LogP contribution is -1.90. The number of rotatable bonds is 3. The van der Waals surface area contributed by atoms with E-state index in [9.17, 15) is 0 Å². The van der Waals surface area contributed by atoms with Gasteiger partial charge in [-0.2, -0.15) is 0 Å². The van der Waals surface area contributed by atoms with Gasteiger partial charge in [-0.05, 0) is 29.7 Å². The zero-order valence-electron chi connectivity index (χ0n) is 10.2. The van der Waals surface area contributed by atoms with Gasteiger partial charge in [0.2, 0.25) is 0 Å². The van der Waals surface area contributed by atoms with Crippen LogP contribution in [0.3, 0.4) is 0 Å². The van der Waals surface area contributed by atoms with Crippen molar-refractivity contribution in [3.05, 3.63) is 65.9 Å². The van der Waals surface area contributed by atoms with Crippen LogP contribution < -0.4 is 4.74 Å². The molecule has 0 bridgehead atoms. The van der Waals surface area contributed by atoms with Gasteiger partial charge in [-0.1, -0.05) is 30.3 Å².